The zero-order valence-electron chi connectivity index (χ0n) is 12.4. The molecular weight excluding hydrogens is 284 g/mol. The van der Waals surface area contributed by atoms with Crippen molar-refractivity contribution in [3.8, 4) is 0 Å². The maximum atomic E-state index is 12.6. The van der Waals surface area contributed by atoms with E-state index in [0.29, 0.717) is 5.92 Å². The molecule has 0 saturated carbocycles. The molecule has 5 nitrogen and oxygen atoms in total. The van der Waals surface area contributed by atoms with Crippen molar-refractivity contribution < 1.29 is 4.79 Å². The summed E-state index contributed by atoms with van der Waals surface area (Å²) in [5, 5.41) is 3.25. The van der Waals surface area contributed by atoms with Crippen molar-refractivity contribution in [1.82, 2.24) is 19.4 Å². The minimum Gasteiger partial charge on any atom is -0.340 e. The van der Waals surface area contributed by atoms with Gasteiger partial charge in [0.2, 0.25) is 5.91 Å². The van der Waals surface area contributed by atoms with Crippen LogP contribution < -0.4 is 0 Å². The number of aromatic nitrogens is 3. The number of thiazole rings is 1. The van der Waals surface area contributed by atoms with Crippen LogP contribution in [0, 0.1) is 6.92 Å². The highest BCUT2D eigenvalue weighted by Gasteiger charge is 2.29. The molecule has 3 heterocycles. The average Bonchev–Trinajstić information content (AvgIpc) is 3.17. The Morgan fingerprint density at radius 3 is 3.05 bits per heavy atom. The molecule has 2 aromatic heterocycles. The third-order valence-electron chi connectivity index (χ3n) is 4.05. The fraction of sp³-hybridized carbons (Fsp3) is 0.533. The average molecular weight is 304 g/mol. The molecule has 2 aromatic rings. The fourth-order valence-electron chi connectivity index (χ4n) is 2.83. The highest BCUT2D eigenvalue weighted by Crippen LogP contribution is 2.30. The minimum atomic E-state index is -0.190. The number of carbonyl (C=O) groups is 1. The molecule has 0 N–H and O–H groups in total. The van der Waals surface area contributed by atoms with Gasteiger partial charge < -0.3 is 9.47 Å². The molecule has 1 aliphatic heterocycles. The summed E-state index contributed by atoms with van der Waals surface area (Å²) < 4.78 is 1.86. The van der Waals surface area contributed by atoms with E-state index in [1.807, 2.05) is 29.5 Å². The van der Waals surface area contributed by atoms with Crippen LogP contribution in [0.15, 0.2) is 24.1 Å². The fourth-order valence-corrected chi connectivity index (χ4v) is 3.75. The zero-order valence-corrected chi connectivity index (χ0v) is 13.2. The SMILES string of the molecule is Cc1csc([C@@H]2CCCN(C(=O)[C@@H](C)n3ccnc3)C2)n1. The number of nitrogens with zero attached hydrogens (tertiary/aromatic N) is 4. The first kappa shape index (κ1) is 14.3. The van der Waals surface area contributed by atoms with Crippen molar-refractivity contribution in [2.24, 2.45) is 0 Å². The van der Waals surface area contributed by atoms with Gasteiger partial charge in [-0.1, -0.05) is 0 Å². The lowest BCUT2D eigenvalue weighted by atomic mass is 9.98. The molecule has 0 bridgehead atoms. The molecule has 0 unspecified atom stereocenters. The van der Waals surface area contributed by atoms with E-state index < -0.39 is 0 Å². The van der Waals surface area contributed by atoms with E-state index in [1.54, 1.807) is 23.9 Å². The lowest BCUT2D eigenvalue weighted by Gasteiger charge is -2.33. The number of amides is 1. The van der Waals surface area contributed by atoms with Gasteiger partial charge in [0.1, 0.15) is 6.04 Å². The van der Waals surface area contributed by atoms with Gasteiger partial charge in [0, 0.05) is 42.5 Å². The summed E-state index contributed by atoms with van der Waals surface area (Å²) in [6.07, 6.45) is 7.42. The molecule has 0 aliphatic carbocycles. The molecule has 0 radical (unpaired) electrons. The topological polar surface area (TPSA) is 51.0 Å². The maximum absolute atomic E-state index is 12.6. The molecule has 2 atom stereocenters. The Labute approximate surface area is 128 Å². The molecule has 112 valence electrons. The van der Waals surface area contributed by atoms with Gasteiger partial charge in [0.25, 0.3) is 0 Å². The van der Waals surface area contributed by atoms with Crippen molar-refractivity contribution in [2.75, 3.05) is 13.1 Å². The number of piperidine rings is 1. The van der Waals surface area contributed by atoms with Gasteiger partial charge in [-0.05, 0) is 26.7 Å². The number of imidazole rings is 1. The van der Waals surface area contributed by atoms with Crippen LogP contribution in [0.3, 0.4) is 0 Å². The normalized spacial score (nSPS) is 20.5. The van der Waals surface area contributed by atoms with E-state index in [-0.39, 0.29) is 11.9 Å². The van der Waals surface area contributed by atoms with E-state index in [0.717, 1.165) is 31.6 Å². The Balaban J connectivity index is 1.69. The van der Waals surface area contributed by atoms with Crippen molar-refractivity contribution in [3.05, 3.63) is 34.8 Å². The first-order valence-corrected chi connectivity index (χ1v) is 8.21. The van der Waals surface area contributed by atoms with Crippen LogP contribution in [0.2, 0.25) is 0 Å². The second kappa shape index (κ2) is 5.97. The van der Waals surface area contributed by atoms with E-state index in [2.05, 4.69) is 15.3 Å². The van der Waals surface area contributed by atoms with Crippen LogP contribution in [0.1, 0.15) is 42.4 Å². The molecule has 0 aromatic carbocycles. The zero-order chi connectivity index (χ0) is 14.8. The van der Waals surface area contributed by atoms with Gasteiger partial charge >= 0.3 is 0 Å². The van der Waals surface area contributed by atoms with Crippen LogP contribution >= 0.6 is 11.3 Å². The molecule has 1 aliphatic rings. The summed E-state index contributed by atoms with van der Waals surface area (Å²) in [6, 6.07) is -0.190. The van der Waals surface area contributed by atoms with Crippen molar-refractivity contribution in [1.29, 1.82) is 0 Å². The smallest absolute Gasteiger partial charge is 0.245 e. The van der Waals surface area contributed by atoms with E-state index in [1.165, 1.54) is 5.01 Å². The summed E-state index contributed by atoms with van der Waals surface area (Å²) in [4.78, 5) is 23.2. The Kier molecular flexibility index (Phi) is 4.05. The van der Waals surface area contributed by atoms with E-state index in [4.69, 9.17) is 0 Å². The maximum Gasteiger partial charge on any atom is 0.245 e. The number of aryl methyl sites for hydroxylation is 1. The summed E-state index contributed by atoms with van der Waals surface area (Å²) in [5.74, 6) is 0.558. The molecule has 1 fully saturated rings. The van der Waals surface area contributed by atoms with Crippen LogP contribution in [0.5, 0.6) is 0 Å². The van der Waals surface area contributed by atoms with Gasteiger partial charge in [-0.3, -0.25) is 4.79 Å². The molecular formula is C15H20N4OS. The summed E-state index contributed by atoms with van der Waals surface area (Å²) >= 11 is 1.71. The molecule has 1 amide bonds. The van der Waals surface area contributed by atoms with Gasteiger partial charge in [-0.15, -0.1) is 11.3 Å². The van der Waals surface area contributed by atoms with E-state index >= 15 is 0 Å². The monoisotopic (exact) mass is 304 g/mol. The Hall–Kier alpha value is -1.69. The van der Waals surface area contributed by atoms with Gasteiger partial charge in [0.05, 0.1) is 11.3 Å². The van der Waals surface area contributed by atoms with Crippen molar-refractivity contribution >= 4 is 17.2 Å². The highest BCUT2D eigenvalue weighted by atomic mass is 32.1. The van der Waals surface area contributed by atoms with Crippen molar-refractivity contribution in [2.45, 2.75) is 38.6 Å². The highest BCUT2D eigenvalue weighted by molar-refractivity contribution is 7.09. The predicted molar refractivity (Wildman–Crippen MR) is 82.3 cm³/mol. The van der Waals surface area contributed by atoms with Gasteiger partial charge in [-0.25, -0.2) is 9.97 Å². The lowest BCUT2D eigenvalue weighted by Crippen LogP contribution is -2.42. The summed E-state index contributed by atoms with van der Waals surface area (Å²) in [5.41, 5.74) is 1.07. The third kappa shape index (κ3) is 3.00. The van der Waals surface area contributed by atoms with Crippen LogP contribution in [-0.4, -0.2) is 38.4 Å². The molecule has 0 spiro atoms. The number of carbonyl (C=O) groups excluding carboxylic acids is 1. The number of likely N-dealkylation sites (tertiary alicyclic amines) is 1. The molecule has 3 rings (SSSR count). The largest absolute Gasteiger partial charge is 0.340 e. The standard InChI is InChI=1S/C15H20N4OS/c1-11-9-21-14(17-11)13-4-3-6-18(8-13)15(20)12(2)19-7-5-16-10-19/h5,7,9-10,12-13H,3-4,6,8H2,1-2H3/t12-,13-/m1/s1. The summed E-state index contributed by atoms with van der Waals surface area (Å²) in [6.45, 7) is 5.58. The second-order valence-electron chi connectivity index (χ2n) is 5.64. The molecule has 1 saturated heterocycles. The Bertz CT molecular complexity index is 607. The molecule has 21 heavy (non-hydrogen) atoms. The summed E-state index contributed by atoms with van der Waals surface area (Å²) in [7, 11) is 0. The van der Waals surface area contributed by atoms with Crippen molar-refractivity contribution in [3.63, 3.8) is 0 Å². The van der Waals surface area contributed by atoms with Crippen LogP contribution in [0.4, 0.5) is 0 Å². The number of hydrogen-bond donors (Lipinski definition) is 0. The number of hydrogen-bond acceptors (Lipinski definition) is 4. The van der Waals surface area contributed by atoms with E-state index in [9.17, 15) is 4.79 Å². The quantitative estimate of drug-likeness (QED) is 0.876. The first-order valence-electron chi connectivity index (χ1n) is 7.33. The lowest BCUT2D eigenvalue weighted by molar-refractivity contribution is -0.135. The van der Waals surface area contributed by atoms with Crippen LogP contribution in [-0.2, 0) is 4.79 Å². The van der Waals surface area contributed by atoms with Gasteiger partial charge in [-0.2, -0.15) is 0 Å². The third-order valence-corrected chi connectivity index (χ3v) is 5.17. The predicted octanol–water partition coefficient (Wildman–Crippen LogP) is 2.62. The Morgan fingerprint density at radius 2 is 2.38 bits per heavy atom. The van der Waals surface area contributed by atoms with Crippen LogP contribution in [0.25, 0.3) is 0 Å². The second-order valence-corrected chi connectivity index (χ2v) is 6.53. The Morgan fingerprint density at radius 1 is 1.52 bits per heavy atom. The molecule has 6 heteroatoms. The van der Waals surface area contributed by atoms with Gasteiger partial charge in [0.15, 0.2) is 0 Å². The minimum absolute atomic E-state index is 0.172. The first-order chi connectivity index (χ1) is 10.1. The number of rotatable bonds is 3.